The van der Waals surface area contributed by atoms with Gasteiger partial charge in [-0.05, 0) is 0 Å². The molecule has 0 N–H and O–H groups in total. The van der Waals surface area contributed by atoms with Gasteiger partial charge in [0, 0.05) is 0 Å². The van der Waals surface area contributed by atoms with Crippen LogP contribution in [0.3, 0.4) is 0 Å². The summed E-state index contributed by atoms with van der Waals surface area (Å²) in [5, 5.41) is 0. The maximum atomic E-state index is 5.43. The summed E-state index contributed by atoms with van der Waals surface area (Å²) in [4.78, 5) is 0. The minimum atomic E-state index is -3.12. The predicted molar refractivity (Wildman–Crippen MR) is 86.3 cm³/mol. The molecule has 0 heterocycles. The van der Waals surface area contributed by atoms with E-state index in [0.29, 0.717) is 6.04 Å². The molecule has 0 rings (SSSR count). The third-order valence-electron chi connectivity index (χ3n) is 3.71. The first-order chi connectivity index (χ1) is 9.47. The summed E-state index contributed by atoms with van der Waals surface area (Å²) in [6, 6.07) is 0.412. The van der Waals surface area contributed by atoms with E-state index in [1.165, 1.54) is 0 Å². The molecular weight excluding hydrogens is 417 g/mol. The van der Waals surface area contributed by atoms with Crippen molar-refractivity contribution in [1.82, 2.24) is 9.91 Å². The molecule has 0 saturated heterocycles. The van der Waals surface area contributed by atoms with E-state index in [9.17, 15) is 0 Å². The fraction of sp³-hybridized carbons (Fsp3) is 1.00. The summed E-state index contributed by atoms with van der Waals surface area (Å²) in [5.41, 5.74) is 0. The number of hydrogen-bond acceptors (Lipinski definition) is 1. The standard InChI is InChI=1S/3C4H10N.C3H7N.Ta/c3*1-3-5-4-2;1-3(2)4;/h3*3-4H2,1-2H3;3H,1-2H3;/q3*-1;;+3. The van der Waals surface area contributed by atoms with Gasteiger partial charge < -0.3 is 0 Å². The Morgan fingerprint density at radius 2 is 0.900 bits per heavy atom. The molecule has 0 aliphatic rings. The van der Waals surface area contributed by atoms with Crippen molar-refractivity contribution in [3.63, 3.8) is 0 Å². The van der Waals surface area contributed by atoms with Crippen molar-refractivity contribution < 1.29 is 17.7 Å². The van der Waals surface area contributed by atoms with E-state index in [1.807, 2.05) is 0 Å². The van der Waals surface area contributed by atoms with E-state index in [0.717, 1.165) is 39.3 Å². The molecule has 0 aliphatic carbocycles. The van der Waals surface area contributed by atoms with Crippen LogP contribution in [0.4, 0.5) is 0 Å². The van der Waals surface area contributed by atoms with Crippen molar-refractivity contribution >= 4 is 0 Å². The molecular formula is C15H37N4Ta. The molecule has 5 heteroatoms. The second kappa shape index (κ2) is 10.2. The average Bonchev–Trinajstić information content (AvgIpc) is 2.41. The molecule has 0 unspecified atom stereocenters. The van der Waals surface area contributed by atoms with Gasteiger partial charge in [0.2, 0.25) is 0 Å². The van der Waals surface area contributed by atoms with E-state index < -0.39 is 17.7 Å². The van der Waals surface area contributed by atoms with Crippen molar-refractivity contribution in [2.75, 3.05) is 39.3 Å². The van der Waals surface area contributed by atoms with E-state index >= 15 is 0 Å². The van der Waals surface area contributed by atoms with Gasteiger partial charge in [-0.15, -0.1) is 0 Å². The Morgan fingerprint density at radius 3 is 1.05 bits per heavy atom. The molecule has 0 radical (unpaired) electrons. The van der Waals surface area contributed by atoms with Crippen LogP contribution >= 0.6 is 0 Å². The van der Waals surface area contributed by atoms with Crippen LogP contribution in [0.2, 0.25) is 0 Å². The molecule has 122 valence electrons. The van der Waals surface area contributed by atoms with Gasteiger partial charge in [0.05, 0.1) is 0 Å². The first-order valence-electron chi connectivity index (χ1n) is 8.35. The van der Waals surface area contributed by atoms with Crippen LogP contribution < -0.4 is 0 Å². The molecule has 0 atom stereocenters. The van der Waals surface area contributed by atoms with E-state index in [-0.39, 0.29) is 0 Å². The average molecular weight is 454 g/mol. The van der Waals surface area contributed by atoms with Gasteiger partial charge in [-0.3, -0.25) is 0 Å². The molecule has 0 bridgehead atoms. The molecule has 0 aromatic heterocycles. The number of nitrogens with zero attached hydrogens (tertiary/aromatic N) is 4. The fourth-order valence-corrected chi connectivity index (χ4v) is 18.7. The first-order valence-corrected chi connectivity index (χ1v) is 14.1. The monoisotopic (exact) mass is 454 g/mol. The molecule has 0 aliphatic heterocycles. The Balaban J connectivity index is 6.15. The van der Waals surface area contributed by atoms with Crippen molar-refractivity contribution in [3.05, 3.63) is 0 Å². The van der Waals surface area contributed by atoms with Gasteiger partial charge in [-0.25, -0.2) is 0 Å². The van der Waals surface area contributed by atoms with E-state index in [2.05, 4.69) is 65.3 Å². The fourth-order valence-electron chi connectivity index (χ4n) is 2.87. The zero-order valence-corrected chi connectivity index (χ0v) is 18.3. The molecule has 0 spiro atoms. The van der Waals surface area contributed by atoms with E-state index in [1.54, 1.807) is 0 Å². The minimum absolute atomic E-state index is 0.412. The molecule has 20 heavy (non-hydrogen) atoms. The van der Waals surface area contributed by atoms with Gasteiger partial charge in [-0.2, -0.15) is 0 Å². The zero-order valence-electron chi connectivity index (χ0n) is 15.1. The molecule has 0 aromatic rings. The van der Waals surface area contributed by atoms with Gasteiger partial charge in [0.25, 0.3) is 0 Å². The molecule has 0 aromatic carbocycles. The Hall–Kier alpha value is 0.420. The molecule has 4 nitrogen and oxygen atoms in total. The van der Waals surface area contributed by atoms with Crippen molar-refractivity contribution in [2.45, 2.75) is 61.4 Å². The Morgan fingerprint density at radius 1 is 0.650 bits per heavy atom. The Bertz CT molecular complexity index is 254. The Kier molecular flexibility index (Phi) is 10.4. The van der Waals surface area contributed by atoms with Crippen LogP contribution in [0, 0.1) is 0 Å². The predicted octanol–water partition coefficient (Wildman–Crippen LogP) is 3.50. The van der Waals surface area contributed by atoms with Crippen LogP contribution in [0.25, 0.3) is 0 Å². The summed E-state index contributed by atoms with van der Waals surface area (Å²) in [6.45, 7) is 24.9. The van der Waals surface area contributed by atoms with E-state index in [4.69, 9.17) is 3.34 Å². The maximum absolute atomic E-state index is 5.43. The van der Waals surface area contributed by atoms with Crippen LogP contribution in [-0.4, -0.2) is 55.2 Å². The third-order valence-corrected chi connectivity index (χ3v) is 20.8. The second-order valence-electron chi connectivity index (χ2n) is 5.16. The van der Waals surface area contributed by atoms with Gasteiger partial charge in [0.1, 0.15) is 0 Å². The van der Waals surface area contributed by atoms with Crippen LogP contribution in [-0.2, 0) is 17.7 Å². The molecule has 0 amide bonds. The van der Waals surface area contributed by atoms with Gasteiger partial charge in [-0.1, -0.05) is 0 Å². The summed E-state index contributed by atoms with van der Waals surface area (Å²) >= 11 is -3.12. The Labute approximate surface area is 131 Å². The summed E-state index contributed by atoms with van der Waals surface area (Å²) < 4.78 is 13.6. The van der Waals surface area contributed by atoms with Gasteiger partial charge >= 0.3 is 132 Å². The second-order valence-corrected chi connectivity index (χ2v) is 15.9. The summed E-state index contributed by atoms with van der Waals surface area (Å²) in [5.74, 6) is 0. The number of rotatable bonds is 10. The molecule has 0 fully saturated rings. The first kappa shape index (κ1) is 20.4. The van der Waals surface area contributed by atoms with Crippen molar-refractivity contribution in [2.24, 2.45) is 3.34 Å². The van der Waals surface area contributed by atoms with Gasteiger partial charge in [0.15, 0.2) is 0 Å². The summed E-state index contributed by atoms with van der Waals surface area (Å²) in [6.07, 6.45) is 0. The topological polar surface area (TPSA) is 22.1 Å². The third kappa shape index (κ3) is 4.46. The SMILES string of the molecule is CC[N](CC)[Ta](=[N]C(C)C)([N](CC)CC)[N](CC)CC. The van der Waals surface area contributed by atoms with Crippen LogP contribution in [0.5, 0.6) is 0 Å². The zero-order chi connectivity index (χ0) is 15.8. The summed E-state index contributed by atoms with van der Waals surface area (Å²) in [7, 11) is 0. The number of hydrogen-bond donors (Lipinski definition) is 0. The van der Waals surface area contributed by atoms with Crippen LogP contribution in [0.15, 0.2) is 3.34 Å². The van der Waals surface area contributed by atoms with Crippen molar-refractivity contribution in [1.29, 1.82) is 0 Å². The normalized spacial score (nSPS) is 13.0. The van der Waals surface area contributed by atoms with Crippen LogP contribution in [0.1, 0.15) is 55.4 Å². The van der Waals surface area contributed by atoms with Crippen molar-refractivity contribution in [3.8, 4) is 0 Å². The molecule has 0 saturated carbocycles. The quantitative estimate of drug-likeness (QED) is 0.505.